The molecule has 3 aliphatic rings. The molecule has 0 spiro atoms. The number of esters is 1. The van der Waals surface area contributed by atoms with Gasteiger partial charge in [0.2, 0.25) is 0 Å². The fraction of sp³-hybridized carbons (Fsp3) is 0.933. The van der Waals surface area contributed by atoms with Crippen LogP contribution in [0.25, 0.3) is 0 Å². The second-order valence-electron chi connectivity index (χ2n) is 6.73. The van der Waals surface area contributed by atoms with Gasteiger partial charge in [0.15, 0.2) is 0 Å². The Kier molecular flexibility index (Phi) is 3.81. The molecule has 5 atom stereocenters. The van der Waals surface area contributed by atoms with Crippen LogP contribution >= 0.6 is 0 Å². The molecule has 3 rings (SSSR count). The Bertz CT molecular complexity index is 341. The average molecular weight is 266 g/mol. The molecule has 0 aromatic carbocycles. The van der Waals surface area contributed by atoms with Crippen molar-refractivity contribution in [1.29, 1.82) is 0 Å². The molecule has 0 aromatic heterocycles. The summed E-state index contributed by atoms with van der Waals surface area (Å²) in [5.74, 6) is 2.31. The van der Waals surface area contributed by atoms with E-state index in [0.717, 1.165) is 26.3 Å². The van der Waals surface area contributed by atoms with Crippen LogP contribution in [-0.2, 0) is 9.53 Å². The topological polar surface area (TPSA) is 41.6 Å². The maximum atomic E-state index is 11.9. The normalized spacial score (nSPS) is 43.9. The lowest BCUT2D eigenvalue weighted by atomic mass is 9.67. The number of hydrogen-bond acceptors (Lipinski definition) is 4. The van der Waals surface area contributed by atoms with E-state index in [-0.39, 0.29) is 12.1 Å². The summed E-state index contributed by atoms with van der Waals surface area (Å²) < 4.78 is 5.69. The molecular weight excluding hydrogens is 240 g/mol. The lowest BCUT2D eigenvalue weighted by molar-refractivity contribution is -0.175. The van der Waals surface area contributed by atoms with Crippen molar-refractivity contribution in [2.24, 2.45) is 23.7 Å². The van der Waals surface area contributed by atoms with Gasteiger partial charge in [-0.25, -0.2) is 0 Å². The van der Waals surface area contributed by atoms with Crippen LogP contribution in [0.1, 0.15) is 33.1 Å². The van der Waals surface area contributed by atoms with Gasteiger partial charge >= 0.3 is 5.97 Å². The highest BCUT2D eigenvalue weighted by Gasteiger charge is 2.45. The summed E-state index contributed by atoms with van der Waals surface area (Å²) in [6, 6.07) is 0. The van der Waals surface area contributed by atoms with E-state index in [0.29, 0.717) is 30.1 Å². The van der Waals surface area contributed by atoms with Gasteiger partial charge in [-0.1, -0.05) is 13.8 Å². The molecule has 1 aliphatic carbocycles. The Balaban J connectivity index is 1.70. The maximum absolute atomic E-state index is 11.9. The monoisotopic (exact) mass is 266 g/mol. The number of carbonyl (C=O) groups is 1. The Morgan fingerprint density at radius 3 is 2.95 bits per heavy atom. The summed E-state index contributed by atoms with van der Waals surface area (Å²) in [6.07, 6.45) is 3.31. The van der Waals surface area contributed by atoms with Crippen molar-refractivity contribution in [3.05, 3.63) is 0 Å². The van der Waals surface area contributed by atoms with Gasteiger partial charge in [-0.2, -0.15) is 0 Å². The number of ether oxygens (including phenoxy) is 1. The number of fused-ring (bicyclic) bond motifs is 1. The van der Waals surface area contributed by atoms with Crippen LogP contribution in [0, 0.1) is 23.7 Å². The lowest BCUT2D eigenvalue weighted by Crippen LogP contribution is -2.50. The smallest absolute Gasteiger partial charge is 0.306 e. The van der Waals surface area contributed by atoms with E-state index in [1.54, 1.807) is 0 Å². The van der Waals surface area contributed by atoms with E-state index in [4.69, 9.17) is 4.74 Å². The molecule has 4 nitrogen and oxygen atoms in total. The van der Waals surface area contributed by atoms with Crippen LogP contribution in [0.5, 0.6) is 0 Å². The Morgan fingerprint density at radius 1 is 1.37 bits per heavy atom. The molecule has 0 amide bonds. The zero-order valence-electron chi connectivity index (χ0n) is 12.1. The summed E-state index contributed by atoms with van der Waals surface area (Å²) >= 11 is 0. The third kappa shape index (κ3) is 2.65. The van der Waals surface area contributed by atoms with Crippen molar-refractivity contribution in [3.8, 4) is 0 Å². The van der Waals surface area contributed by atoms with Gasteiger partial charge in [0.25, 0.3) is 0 Å². The molecule has 0 bridgehead atoms. The molecule has 0 aromatic rings. The van der Waals surface area contributed by atoms with Crippen molar-refractivity contribution < 1.29 is 9.53 Å². The molecular formula is C15H26N2O2. The van der Waals surface area contributed by atoms with Crippen LogP contribution in [0.2, 0.25) is 0 Å². The third-order valence-electron chi connectivity index (χ3n) is 5.53. The van der Waals surface area contributed by atoms with Gasteiger partial charge < -0.3 is 10.1 Å². The Labute approximate surface area is 115 Å². The quantitative estimate of drug-likeness (QED) is 0.768. The molecule has 2 heterocycles. The lowest BCUT2D eigenvalue weighted by Gasteiger charge is -2.46. The Hall–Kier alpha value is -0.610. The molecule has 1 N–H and O–H groups in total. The molecule has 2 saturated heterocycles. The summed E-state index contributed by atoms with van der Waals surface area (Å²) in [4.78, 5) is 14.3. The van der Waals surface area contributed by atoms with Crippen molar-refractivity contribution in [3.63, 3.8) is 0 Å². The predicted octanol–water partition coefficient (Wildman–Crippen LogP) is 1.46. The van der Waals surface area contributed by atoms with Crippen LogP contribution in [0.4, 0.5) is 0 Å². The van der Waals surface area contributed by atoms with Gasteiger partial charge in [0.05, 0.1) is 0 Å². The van der Waals surface area contributed by atoms with Crippen molar-refractivity contribution >= 4 is 5.97 Å². The van der Waals surface area contributed by atoms with E-state index < -0.39 is 0 Å². The van der Waals surface area contributed by atoms with Gasteiger partial charge in [0, 0.05) is 38.6 Å². The van der Waals surface area contributed by atoms with E-state index in [1.165, 1.54) is 12.8 Å². The highest BCUT2D eigenvalue weighted by Crippen LogP contribution is 2.43. The standard InChI is InChI=1S/C15H26N2O2/c1-10-3-4-13-12(8-17-6-5-16-9-17)7-14(18)19-15(13)11(10)2/h10-13,15-16H,3-9H2,1-2H3. The van der Waals surface area contributed by atoms with Gasteiger partial charge in [-0.05, 0) is 30.6 Å². The Morgan fingerprint density at radius 2 is 2.21 bits per heavy atom. The summed E-state index contributed by atoms with van der Waals surface area (Å²) in [5.41, 5.74) is 0. The van der Waals surface area contributed by atoms with Crippen molar-refractivity contribution in [1.82, 2.24) is 10.2 Å². The predicted molar refractivity (Wildman–Crippen MR) is 73.5 cm³/mol. The van der Waals surface area contributed by atoms with Crippen LogP contribution in [0.3, 0.4) is 0 Å². The minimum absolute atomic E-state index is 0.0272. The van der Waals surface area contributed by atoms with E-state index >= 15 is 0 Å². The zero-order chi connectivity index (χ0) is 13.4. The van der Waals surface area contributed by atoms with E-state index in [1.807, 2.05) is 0 Å². The summed E-state index contributed by atoms with van der Waals surface area (Å²) in [5, 5.41) is 3.37. The van der Waals surface area contributed by atoms with Gasteiger partial charge in [-0.3, -0.25) is 9.69 Å². The first-order valence-electron chi connectivity index (χ1n) is 7.77. The molecule has 4 heteroatoms. The van der Waals surface area contributed by atoms with Crippen LogP contribution in [-0.4, -0.2) is 43.3 Å². The first-order chi connectivity index (χ1) is 9.15. The fourth-order valence-corrected chi connectivity index (χ4v) is 4.10. The molecule has 3 fully saturated rings. The number of rotatable bonds is 2. The van der Waals surface area contributed by atoms with Gasteiger partial charge in [0.1, 0.15) is 6.10 Å². The van der Waals surface area contributed by atoms with Crippen molar-refractivity contribution in [2.75, 3.05) is 26.3 Å². The van der Waals surface area contributed by atoms with Crippen LogP contribution in [0.15, 0.2) is 0 Å². The number of carbonyl (C=O) groups excluding carboxylic acids is 1. The SMILES string of the molecule is CC1CCC2C(CN3CCNC3)CC(=O)OC2C1C. The third-order valence-corrected chi connectivity index (χ3v) is 5.53. The van der Waals surface area contributed by atoms with E-state index in [9.17, 15) is 4.79 Å². The summed E-state index contributed by atoms with van der Waals surface area (Å²) in [6.45, 7) is 8.80. The summed E-state index contributed by atoms with van der Waals surface area (Å²) in [7, 11) is 0. The number of nitrogens with one attached hydrogen (secondary N) is 1. The second kappa shape index (κ2) is 5.41. The molecule has 1 saturated carbocycles. The van der Waals surface area contributed by atoms with Crippen molar-refractivity contribution in [2.45, 2.75) is 39.2 Å². The minimum atomic E-state index is 0.0272. The number of nitrogens with zero attached hydrogens (tertiary/aromatic N) is 1. The minimum Gasteiger partial charge on any atom is -0.462 e. The fourth-order valence-electron chi connectivity index (χ4n) is 4.10. The second-order valence-corrected chi connectivity index (χ2v) is 6.73. The highest BCUT2D eigenvalue weighted by molar-refractivity contribution is 5.71. The number of hydrogen-bond donors (Lipinski definition) is 1. The highest BCUT2D eigenvalue weighted by atomic mass is 16.5. The molecule has 19 heavy (non-hydrogen) atoms. The maximum Gasteiger partial charge on any atom is 0.306 e. The average Bonchev–Trinajstić information content (AvgIpc) is 2.87. The molecule has 108 valence electrons. The first kappa shape index (κ1) is 13.4. The zero-order valence-corrected chi connectivity index (χ0v) is 12.1. The van der Waals surface area contributed by atoms with E-state index in [2.05, 4.69) is 24.1 Å². The molecule has 0 radical (unpaired) electrons. The first-order valence-corrected chi connectivity index (χ1v) is 7.77. The largest absolute Gasteiger partial charge is 0.462 e. The molecule has 5 unspecified atom stereocenters. The molecule has 2 aliphatic heterocycles. The van der Waals surface area contributed by atoms with Crippen LogP contribution < -0.4 is 5.32 Å². The van der Waals surface area contributed by atoms with Gasteiger partial charge in [-0.15, -0.1) is 0 Å².